The average molecular weight is 284 g/mol. The Hall–Kier alpha value is -1.45. The lowest BCUT2D eigenvalue weighted by Gasteiger charge is -2.04. The van der Waals surface area contributed by atoms with Gasteiger partial charge in [0.1, 0.15) is 11.5 Å². The standard InChI is InChI=1S/C13H8Cl2FNO/c14-9-4-3-8(11(16)7-9)6-12(18)13-10(15)2-1-5-17-13/h1-5,7H,6H2. The largest absolute Gasteiger partial charge is 0.292 e. The van der Waals surface area contributed by atoms with Crippen LogP contribution in [0.5, 0.6) is 0 Å². The van der Waals surface area contributed by atoms with Crippen LogP contribution in [0.3, 0.4) is 0 Å². The van der Waals surface area contributed by atoms with Gasteiger partial charge in [-0.3, -0.25) is 9.78 Å². The molecule has 0 spiro atoms. The number of ketones is 1. The minimum Gasteiger partial charge on any atom is -0.292 e. The summed E-state index contributed by atoms with van der Waals surface area (Å²) in [5, 5.41) is 0.552. The lowest BCUT2D eigenvalue weighted by atomic mass is 10.1. The van der Waals surface area contributed by atoms with Crippen LogP contribution in [0.15, 0.2) is 36.5 Å². The Morgan fingerprint density at radius 1 is 1.28 bits per heavy atom. The molecule has 0 amide bonds. The summed E-state index contributed by atoms with van der Waals surface area (Å²) in [7, 11) is 0. The molecule has 2 rings (SSSR count). The van der Waals surface area contributed by atoms with Crippen LogP contribution in [-0.4, -0.2) is 10.8 Å². The first kappa shape index (κ1) is 13.0. The van der Waals surface area contributed by atoms with Crippen molar-refractivity contribution >= 4 is 29.0 Å². The number of pyridine rings is 1. The molecule has 18 heavy (non-hydrogen) atoms. The third kappa shape index (κ3) is 2.86. The van der Waals surface area contributed by atoms with Crippen molar-refractivity contribution in [2.24, 2.45) is 0 Å². The van der Waals surface area contributed by atoms with Crippen LogP contribution < -0.4 is 0 Å². The number of aromatic nitrogens is 1. The van der Waals surface area contributed by atoms with E-state index in [0.717, 1.165) is 0 Å². The molecule has 0 fully saturated rings. The van der Waals surface area contributed by atoms with Crippen LogP contribution in [0.4, 0.5) is 4.39 Å². The SMILES string of the molecule is O=C(Cc1ccc(Cl)cc1F)c1ncccc1Cl. The van der Waals surface area contributed by atoms with E-state index in [-0.39, 0.29) is 28.5 Å². The molecule has 2 nitrogen and oxygen atoms in total. The van der Waals surface area contributed by atoms with Gasteiger partial charge < -0.3 is 0 Å². The van der Waals surface area contributed by atoms with Crippen molar-refractivity contribution in [3.63, 3.8) is 0 Å². The Morgan fingerprint density at radius 3 is 2.72 bits per heavy atom. The van der Waals surface area contributed by atoms with Crippen molar-refractivity contribution in [3.05, 3.63) is 63.6 Å². The molecule has 0 saturated heterocycles. The molecule has 1 heterocycles. The van der Waals surface area contributed by atoms with E-state index in [1.807, 2.05) is 0 Å². The van der Waals surface area contributed by atoms with Crippen molar-refractivity contribution in [2.75, 3.05) is 0 Å². The molecule has 0 aliphatic carbocycles. The van der Waals surface area contributed by atoms with Gasteiger partial charge in [0.25, 0.3) is 0 Å². The first-order valence-corrected chi connectivity index (χ1v) is 5.91. The molecule has 92 valence electrons. The molecule has 1 aromatic carbocycles. The van der Waals surface area contributed by atoms with Crippen molar-refractivity contribution < 1.29 is 9.18 Å². The van der Waals surface area contributed by atoms with Gasteiger partial charge in [0.2, 0.25) is 0 Å². The highest BCUT2D eigenvalue weighted by Gasteiger charge is 2.14. The molecule has 0 saturated carbocycles. The van der Waals surface area contributed by atoms with E-state index in [9.17, 15) is 9.18 Å². The molecule has 2 aromatic rings. The van der Waals surface area contributed by atoms with E-state index in [1.165, 1.54) is 24.4 Å². The predicted molar refractivity (Wildman–Crippen MR) is 68.7 cm³/mol. The molecular formula is C13H8Cl2FNO. The maximum Gasteiger partial charge on any atom is 0.187 e. The topological polar surface area (TPSA) is 30.0 Å². The quantitative estimate of drug-likeness (QED) is 0.799. The molecule has 0 aliphatic rings. The highest BCUT2D eigenvalue weighted by molar-refractivity contribution is 6.33. The zero-order valence-corrected chi connectivity index (χ0v) is 10.7. The van der Waals surface area contributed by atoms with E-state index < -0.39 is 5.82 Å². The zero-order chi connectivity index (χ0) is 13.1. The third-order valence-electron chi connectivity index (χ3n) is 2.39. The number of hydrogen-bond acceptors (Lipinski definition) is 2. The highest BCUT2D eigenvalue weighted by atomic mass is 35.5. The van der Waals surface area contributed by atoms with Gasteiger partial charge in [-0.25, -0.2) is 4.39 Å². The van der Waals surface area contributed by atoms with E-state index in [2.05, 4.69) is 4.98 Å². The van der Waals surface area contributed by atoms with E-state index in [1.54, 1.807) is 12.1 Å². The molecule has 0 N–H and O–H groups in total. The van der Waals surface area contributed by atoms with Gasteiger partial charge in [-0.05, 0) is 29.8 Å². The second-order valence-corrected chi connectivity index (χ2v) is 4.51. The highest BCUT2D eigenvalue weighted by Crippen LogP contribution is 2.18. The molecule has 1 aromatic heterocycles. The Labute approximate surface area is 113 Å². The maximum absolute atomic E-state index is 13.5. The van der Waals surface area contributed by atoms with Gasteiger partial charge in [-0.1, -0.05) is 29.3 Å². The predicted octanol–water partition coefficient (Wildman–Crippen LogP) is 3.95. The van der Waals surface area contributed by atoms with Gasteiger partial charge in [0.15, 0.2) is 5.78 Å². The summed E-state index contributed by atoms with van der Waals surface area (Å²) in [6, 6.07) is 7.38. The van der Waals surface area contributed by atoms with Gasteiger partial charge in [-0.15, -0.1) is 0 Å². The van der Waals surface area contributed by atoms with E-state index >= 15 is 0 Å². The van der Waals surface area contributed by atoms with Crippen LogP contribution >= 0.6 is 23.2 Å². The molecule has 0 unspecified atom stereocenters. The summed E-state index contributed by atoms with van der Waals surface area (Å²) in [6.45, 7) is 0. The third-order valence-corrected chi connectivity index (χ3v) is 2.93. The van der Waals surface area contributed by atoms with Gasteiger partial charge in [0, 0.05) is 17.6 Å². The number of halogens is 3. The molecule has 0 atom stereocenters. The summed E-state index contributed by atoms with van der Waals surface area (Å²) >= 11 is 11.5. The van der Waals surface area contributed by atoms with Crippen molar-refractivity contribution in [2.45, 2.75) is 6.42 Å². The number of Topliss-reactive ketones (excluding diaryl/α,β-unsaturated/α-hetero) is 1. The normalized spacial score (nSPS) is 10.4. The van der Waals surface area contributed by atoms with Gasteiger partial charge in [0.05, 0.1) is 5.02 Å². The van der Waals surface area contributed by atoms with Crippen LogP contribution in [0.1, 0.15) is 16.1 Å². The fourth-order valence-corrected chi connectivity index (χ4v) is 1.90. The first-order valence-electron chi connectivity index (χ1n) is 5.15. The summed E-state index contributed by atoms with van der Waals surface area (Å²) in [4.78, 5) is 15.8. The summed E-state index contributed by atoms with van der Waals surface area (Å²) in [5.41, 5.74) is 0.416. The monoisotopic (exact) mass is 283 g/mol. The summed E-state index contributed by atoms with van der Waals surface area (Å²) < 4.78 is 13.5. The smallest absolute Gasteiger partial charge is 0.187 e. The number of carbonyl (C=O) groups is 1. The van der Waals surface area contributed by atoms with Crippen LogP contribution in [0.2, 0.25) is 10.0 Å². The Morgan fingerprint density at radius 2 is 2.06 bits per heavy atom. The molecule has 0 aliphatic heterocycles. The number of hydrogen-bond donors (Lipinski definition) is 0. The number of benzene rings is 1. The fraction of sp³-hybridized carbons (Fsp3) is 0.0769. The molecular weight excluding hydrogens is 276 g/mol. The van der Waals surface area contributed by atoms with Gasteiger partial charge in [-0.2, -0.15) is 0 Å². The van der Waals surface area contributed by atoms with E-state index in [0.29, 0.717) is 5.02 Å². The van der Waals surface area contributed by atoms with Crippen molar-refractivity contribution in [1.29, 1.82) is 0 Å². The Balaban J connectivity index is 2.24. The number of carbonyl (C=O) groups excluding carboxylic acids is 1. The minimum absolute atomic E-state index is 0.0975. The first-order chi connectivity index (χ1) is 8.58. The molecule has 5 heteroatoms. The average Bonchev–Trinajstić information content (AvgIpc) is 2.33. The second-order valence-electron chi connectivity index (χ2n) is 3.67. The van der Waals surface area contributed by atoms with Crippen molar-refractivity contribution in [3.8, 4) is 0 Å². The number of rotatable bonds is 3. The lowest BCUT2D eigenvalue weighted by molar-refractivity contribution is 0.0987. The fourth-order valence-electron chi connectivity index (χ4n) is 1.51. The Bertz CT molecular complexity index is 601. The molecule has 0 radical (unpaired) electrons. The van der Waals surface area contributed by atoms with Crippen LogP contribution in [-0.2, 0) is 6.42 Å². The van der Waals surface area contributed by atoms with Crippen LogP contribution in [0.25, 0.3) is 0 Å². The second kappa shape index (κ2) is 5.46. The maximum atomic E-state index is 13.5. The van der Waals surface area contributed by atoms with Crippen LogP contribution in [0, 0.1) is 5.82 Å². The molecule has 0 bridgehead atoms. The zero-order valence-electron chi connectivity index (χ0n) is 9.16. The summed E-state index contributed by atoms with van der Waals surface area (Å²) in [6.07, 6.45) is 1.37. The Kier molecular flexibility index (Phi) is 3.94. The van der Waals surface area contributed by atoms with Crippen molar-refractivity contribution in [1.82, 2.24) is 4.98 Å². The number of nitrogens with zero attached hydrogens (tertiary/aromatic N) is 1. The van der Waals surface area contributed by atoms with E-state index in [4.69, 9.17) is 23.2 Å². The lowest BCUT2D eigenvalue weighted by Crippen LogP contribution is -2.07. The minimum atomic E-state index is -0.511. The van der Waals surface area contributed by atoms with Gasteiger partial charge >= 0.3 is 0 Å². The summed E-state index contributed by atoms with van der Waals surface area (Å²) in [5.74, 6) is -0.843.